The summed E-state index contributed by atoms with van der Waals surface area (Å²) in [5, 5.41) is 15.2. The van der Waals surface area contributed by atoms with E-state index < -0.39 is 5.54 Å². The Bertz CT molecular complexity index is 1300. The summed E-state index contributed by atoms with van der Waals surface area (Å²) in [5.74, 6) is -0.0905. The molecule has 162 valence electrons. The van der Waals surface area contributed by atoms with E-state index in [1.54, 1.807) is 13.2 Å². The standard InChI is InChI=1S/C22H19ClN6O2S/c1-31-8-7-27-13-14-9-15(3-4-18(14)26-27)29-21(32)28(20(30)22(29)5-2-6-22)16-10-17(23)19(11-24)25-12-16/h3-4,9-10,12-13H,2,5-8H2,1H3. The molecular weight excluding hydrogens is 448 g/mol. The number of nitriles is 1. The Morgan fingerprint density at radius 2 is 2.12 bits per heavy atom. The second kappa shape index (κ2) is 7.81. The molecule has 3 aromatic rings. The van der Waals surface area contributed by atoms with E-state index in [0.717, 1.165) is 23.0 Å². The maximum atomic E-state index is 13.6. The molecule has 0 bridgehead atoms. The minimum absolute atomic E-state index is 0.0905. The lowest BCUT2D eigenvalue weighted by Gasteiger charge is -2.43. The topological polar surface area (TPSA) is 87.3 Å². The van der Waals surface area contributed by atoms with E-state index in [9.17, 15) is 4.79 Å². The third-order valence-corrected chi connectivity index (χ3v) is 6.75. The summed E-state index contributed by atoms with van der Waals surface area (Å²) in [6.07, 6.45) is 5.81. The van der Waals surface area contributed by atoms with Crippen LogP contribution in [0.15, 0.2) is 36.7 Å². The molecule has 8 nitrogen and oxygen atoms in total. The molecule has 5 rings (SSSR count). The van der Waals surface area contributed by atoms with Crippen molar-refractivity contribution in [1.82, 2.24) is 14.8 Å². The van der Waals surface area contributed by atoms with E-state index in [2.05, 4.69) is 10.1 Å². The van der Waals surface area contributed by atoms with Gasteiger partial charge >= 0.3 is 0 Å². The van der Waals surface area contributed by atoms with Crippen LogP contribution in [0.3, 0.4) is 0 Å². The Balaban J connectivity index is 1.55. The molecule has 1 amide bonds. The van der Waals surface area contributed by atoms with Gasteiger partial charge in [0.2, 0.25) is 0 Å². The normalized spacial score (nSPS) is 17.3. The molecule has 1 aromatic carbocycles. The average molecular weight is 467 g/mol. The van der Waals surface area contributed by atoms with Crippen molar-refractivity contribution in [2.24, 2.45) is 0 Å². The number of benzene rings is 1. The highest BCUT2D eigenvalue weighted by Crippen LogP contribution is 2.48. The van der Waals surface area contributed by atoms with Crippen molar-refractivity contribution in [3.63, 3.8) is 0 Å². The molecule has 0 unspecified atom stereocenters. The Morgan fingerprint density at radius 3 is 2.78 bits per heavy atom. The van der Waals surface area contributed by atoms with Crippen LogP contribution < -0.4 is 9.80 Å². The van der Waals surface area contributed by atoms with Crippen LogP contribution in [0.5, 0.6) is 0 Å². The number of halogens is 1. The van der Waals surface area contributed by atoms with E-state index in [1.807, 2.05) is 40.0 Å². The van der Waals surface area contributed by atoms with Crippen LogP contribution in [-0.2, 0) is 16.1 Å². The SMILES string of the molecule is COCCn1cc2cc(N3C(=S)N(c4cnc(C#N)c(Cl)c4)C(=O)C34CCC4)ccc2n1. The highest BCUT2D eigenvalue weighted by Gasteiger charge is 2.59. The Hall–Kier alpha value is -3.06. The van der Waals surface area contributed by atoms with Gasteiger partial charge in [0.25, 0.3) is 5.91 Å². The monoisotopic (exact) mass is 466 g/mol. The molecule has 2 fully saturated rings. The summed E-state index contributed by atoms with van der Waals surface area (Å²) in [5.41, 5.74) is 1.57. The molecule has 3 heterocycles. The molecule has 1 saturated carbocycles. The van der Waals surface area contributed by atoms with Gasteiger partial charge in [0.05, 0.1) is 35.6 Å². The summed E-state index contributed by atoms with van der Waals surface area (Å²) < 4.78 is 6.99. The first-order valence-corrected chi connectivity index (χ1v) is 11.0. The Kier molecular flexibility index (Phi) is 5.08. The van der Waals surface area contributed by atoms with Gasteiger partial charge in [0.1, 0.15) is 11.6 Å². The lowest BCUT2D eigenvalue weighted by atomic mass is 9.75. The van der Waals surface area contributed by atoms with E-state index in [0.29, 0.717) is 36.8 Å². The van der Waals surface area contributed by atoms with Crippen LogP contribution in [0.1, 0.15) is 25.0 Å². The van der Waals surface area contributed by atoms with Gasteiger partial charge in [-0.05, 0) is 55.7 Å². The van der Waals surface area contributed by atoms with E-state index in [1.165, 1.54) is 11.1 Å². The average Bonchev–Trinajstić information content (AvgIpc) is 3.26. The first-order valence-electron chi connectivity index (χ1n) is 10.2. The molecule has 2 aromatic heterocycles. The summed E-state index contributed by atoms with van der Waals surface area (Å²) in [6.45, 7) is 1.23. The number of hydrogen-bond acceptors (Lipinski definition) is 6. The molecule has 1 aliphatic carbocycles. The van der Waals surface area contributed by atoms with Crippen LogP contribution in [-0.4, -0.2) is 45.0 Å². The van der Waals surface area contributed by atoms with E-state index >= 15 is 0 Å². The van der Waals surface area contributed by atoms with Gasteiger partial charge in [0, 0.05) is 24.4 Å². The van der Waals surface area contributed by atoms with Crippen molar-refractivity contribution in [2.75, 3.05) is 23.5 Å². The quantitative estimate of drug-likeness (QED) is 0.530. The summed E-state index contributed by atoms with van der Waals surface area (Å²) >= 11 is 12.0. The molecule has 0 radical (unpaired) electrons. The van der Waals surface area contributed by atoms with Gasteiger partial charge in [-0.15, -0.1) is 0 Å². The minimum atomic E-state index is -0.711. The maximum Gasteiger partial charge on any atom is 0.259 e. The number of hydrogen-bond donors (Lipinski definition) is 0. The van der Waals surface area contributed by atoms with Crippen LogP contribution >= 0.6 is 23.8 Å². The van der Waals surface area contributed by atoms with Crippen LogP contribution in [0.2, 0.25) is 5.02 Å². The molecule has 2 aliphatic rings. The van der Waals surface area contributed by atoms with Crippen molar-refractivity contribution in [3.05, 3.63) is 47.4 Å². The Labute approximate surface area is 194 Å². The maximum absolute atomic E-state index is 13.6. The number of rotatable bonds is 5. The van der Waals surface area contributed by atoms with Crippen molar-refractivity contribution in [3.8, 4) is 6.07 Å². The molecule has 32 heavy (non-hydrogen) atoms. The summed E-state index contributed by atoms with van der Waals surface area (Å²) in [4.78, 5) is 21.1. The largest absolute Gasteiger partial charge is 0.383 e. The van der Waals surface area contributed by atoms with Gasteiger partial charge < -0.3 is 9.64 Å². The minimum Gasteiger partial charge on any atom is -0.383 e. The molecule has 1 spiro atoms. The lowest BCUT2D eigenvalue weighted by Crippen LogP contribution is -2.55. The number of anilines is 2. The fourth-order valence-electron chi connectivity index (χ4n) is 4.34. The Morgan fingerprint density at radius 1 is 1.31 bits per heavy atom. The van der Waals surface area contributed by atoms with Gasteiger partial charge in [-0.2, -0.15) is 10.4 Å². The number of fused-ring (bicyclic) bond motifs is 1. The third-order valence-electron chi connectivity index (χ3n) is 6.10. The zero-order valence-electron chi connectivity index (χ0n) is 17.3. The number of pyridine rings is 1. The van der Waals surface area contributed by atoms with Crippen molar-refractivity contribution >= 4 is 57.1 Å². The van der Waals surface area contributed by atoms with Crippen LogP contribution in [0.25, 0.3) is 10.9 Å². The first-order chi connectivity index (χ1) is 15.5. The van der Waals surface area contributed by atoms with Gasteiger partial charge in [-0.25, -0.2) is 4.98 Å². The molecule has 10 heteroatoms. The molecule has 1 aliphatic heterocycles. The highest BCUT2D eigenvalue weighted by atomic mass is 35.5. The van der Waals surface area contributed by atoms with E-state index in [-0.39, 0.29) is 16.6 Å². The highest BCUT2D eigenvalue weighted by molar-refractivity contribution is 7.81. The van der Waals surface area contributed by atoms with Crippen LogP contribution in [0, 0.1) is 11.3 Å². The smallest absolute Gasteiger partial charge is 0.259 e. The number of aromatic nitrogens is 3. The zero-order valence-corrected chi connectivity index (χ0v) is 18.9. The van der Waals surface area contributed by atoms with Gasteiger partial charge in [0.15, 0.2) is 10.8 Å². The number of amides is 1. The number of nitrogens with zero attached hydrogens (tertiary/aromatic N) is 6. The summed E-state index contributed by atoms with van der Waals surface area (Å²) in [6, 6.07) is 9.40. The number of carbonyl (C=O) groups excluding carboxylic acids is 1. The van der Waals surface area contributed by atoms with Crippen LogP contribution in [0.4, 0.5) is 11.4 Å². The number of methoxy groups -OCH3 is 1. The van der Waals surface area contributed by atoms with Gasteiger partial charge in [-0.1, -0.05) is 11.6 Å². The molecule has 0 atom stereocenters. The second-order valence-corrected chi connectivity index (χ2v) is 8.68. The third kappa shape index (κ3) is 3.06. The molecule has 1 saturated heterocycles. The molecule has 0 N–H and O–H groups in total. The number of carbonyl (C=O) groups is 1. The molecular formula is C22H19ClN6O2S. The summed E-state index contributed by atoms with van der Waals surface area (Å²) in [7, 11) is 1.66. The fourth-order valence-corrected chi connectivity index (χ4v) is 5.01. The van der Waals surface area contributed by atoms with Crippen molar-refractivity contribution in [1.29, 1.82) is 5.26 Å². The predicted molar refractivity (Wildman–Crippen MR) is 125 cm³/mol. The zero-order chi connectivity index (χ0) is 22.5. The number of ether oxygens (including phenoxy) is 1. The number of thiocarbonyl (C=S) groups is 1. The van der Waals surface area contributed by atoms with Gasteiger partial charge in [-0.3, -0.25) is 14.4 Å². The van der Waals surface area contributed by atoms with Crippen molar-refractivity contribution < 1.29 is 9.53 Å². The second-order valence-electron chi connectivity index (χ2n) is 7.91. The fraction of sp³-hybridized carbons (Fsp3) is 0.318. The van der Waals surface area contributed by atoms with Crippen molar-refractivity contribution in [2.45, 2.75) is 31.3 Å². The van der Waals surface area contributed by atoms with E-state index in [4.69, 9.17) is 33.8 Å². The lowest BCUT2D eigenvalue weighted by molar-refractivity contribution is -0.123. The first kappa shape index (κ1) is 20.8. The predicted octanol–water partition coefficient (Wildman–Crippen LogP) is 3.66.